The number of pyridine rings is 1. The predicted molar refractivity (Wildman–Crippen MR) is 90.2 cm³/mol. The van der Waals surface area contributed by atoms with Crippen LogP contribution in [0.5, 0.6) is 0 Å². The first-order valence-electron chi connectivity index (χ1n) is 7.37. The molecule has 1 amide bonds. The number of rotatable bonds is 6. The van der Waals surface area contributed by atoms with E-state index in [-0.39, 0.29) is 18.1 Å². The van der Waals surface area contributed by atoms with Gasteiger partial charge in [0, 0.05) is 24.6 Å². The quantitative estimate of drug-likeness (QED) is 0.874. The maximum atomic E-state index is 12.6. The summed E-state index contributed by atoms with van der Waals surface area (Å²) in [5.41, 5.74) is 1.16. The van der Waals surface area contributed by atoms with Gasteiger partial charge in [0.05, 0.1) is 17.8 Å². The number of nitriles is 1. The average molecular weight is 342 g/mol. The van der Waals surface area contributed by atoms with Crippen molar-refractivity contribution in [2.45, 2.75) is 25.3 Å². The van der Waals surface area contributed by atoms with Crippen LogP contribution in [0.3, 0.4) is 0 Å². The highest BCUT2D eigenvalue weighted by molar-refractivity contribution is 6.30. The lowest BCUT2D eigenvalue weighted by Crippen LogP contribution is -2.29. The zero-order chi connectivity index (χ0) is 17.5. The monoisotopic (exact) mass is 341 g/mol. The fourth-order valence-corrected chi connectivity index (χ4v) is 2.49. The number of ketones is 1. The lowest BCUT2D eigenvalue weighted by molar-refractivity contribution is -0.121. The molecule has 0 bridgehead atoms. The molecule has 1 heterocycles. The van der Waals surface area contributed by atoms with Gasteiger partial charge in [-0.3, -0.25) is 14.6 Å². The van der Waals surface area contributed by atoms with E-state index in [0.29, 0.717) is 10.7 Å². The lowest BCUT2D eigenvalue weighted by Gasteiger charge is -2.19. The van der Waals surface area contributed by atoms with Crippen LogP contribution >= 0.6 is 11.6 Å². The number of aromatic nitrogens is 1. The second kappa shape index (κ2) is 8.23. The Morgan fingerprint density at radius 3 is 2.50 bits per heavy atom. The third-order valence-electron chi connectivity index (χ3n) is 3.49. The van der Waals surface area contributed by atoms with Crippen molar-refractivity contribution in [3.05, 3.63) is 64.9 Å². The third kappa shape index (κ3) is 4.64. The van der Waals surface area contributed by atoms with Crippen LogP contribution in [0.1, 0.15) is 36.6 Å². The Hall–Kier alpha value is -2.71. The highest BCUT2D eigenvalue weighted by atomic mass is 35.5. The fourth-order valence-electron chi connectivity index (χ4n) is 2.36. The zero-order valence-electron chi connectivity index (χ0n) is 13.1. The van der Waals surface area contributed by atoms with Gasteiger partial charge in [-0.2, -0.15) is 5.26 Å². The number of carbonyl (C=O) groups excluding carboxylic acids is 2. The molecule has 0 saturated carbocycles. The van der Waals surface area contributed by atoms with Gasteiger partial charge in [-0.25, -0.2) is 0 Å². The van der Waals surface area contributed by atoms with E-state index < -0.39 is 12.0 Å². The van der Waals surface area contributed by atoms with Gasteiger partial charge < -0.3 is 5.32 Å². The van der Waals surface area contributed by atoms with E-state index in [4.69, 9.17) is 11.6 Å². The summed E-state index contributed by atoms with van der Waals surface area (Å²) in [5, 5.41) is 12.6. The number of nitrogens with one attached hydrogen (secondary N) is 1. The maximum absolute atomic E-state index is 12.6. The van der Waals surface area contributed by atoms with Crippen molar-refractivity contribution in [3.8, 4) is 6.07 Å². The first kappa shape index (κ1) is 17.6. The minimum atomic E-state index is -0.963. The number of Topliss-reactive ketones (excluding diaryl/α,β-unsaturated/α-hetero) is 1. The van der Waals surface area contributed by atoms with Gasteiger partial charge in [-0.15, -0.1) is 0 Å². The van der Waals surface area contributed by atoms with E-state index >= 15 is 0 Å². The van der Waals surface area contributed by atoms with Crippen LogP contribution in [0.4, 0.5) is 0 Å². The molecule has 0 unspecified atom stereocenters. The van der Waals surface area contributed by atoms with E-state index in [1.54, 1.807) is 42.5 Å². The Morgan fingerprint density at radius 1 is 1.25 bits per heavy atom. The minimum Gasteiger partial charge on any atom is -0.349 e. The van der Waals surface area contributed by atoms with Crippen molar-refractivity contribution in [1.29, 1.82) is 5.26 Å². The van der Waals surface area contributed by atoms with Gasteiger partial charge in [0.1, 0.15) is 5.92 Å². The Kier molecular flexibility index (Phi) is 6.05. The van der Waals surface area contributed by atoms with Crippen molar-refractivity contribution in [2.24, 2.45) is 0 Å². The number of hydrogen-bond acceptors (Lipinski definition) is 4. The summed E-state index contributed by atoms with van der Waals surface area (Å²) >= 11 is 5.88. The largest absolute Gasteiger partial charge is 0.349 e. The van der Waals surface area contributed by atoms with Crippen molar-refractivity contribution in [1.82, 2.24) is 10.3 Å². The highest BCUT2D eigenvalue weighted by Crippen LogP contribution is 2.24. The molecular formula is C18H16ClN3O2. The molecule has 0 spiro atoms. The summed E-state index contributed by atoms with van der Waals surface area (Å²) in [6.45, 7) is 1.38. The second-order valence-corrected chi connectivity index (χ2v) is 5.73. The molecule has 6 heteroatoms. The Morgan fingerprint density at radius 2 is 1.96 bits per heavy atom. The molecule has 0 radical (unpaired) electrons. The van der Waals surface area contributed by atoms with Gasteiger partial charge >= 0.3 is 0 Å². The van der Waals surface area contributed by atoms with Crippen molar-refractivity contribution >= 4 is 23.3 Å². The molecule has 0 aliphatic heterocycles. The standard InChI is InChI=1S/C18H16ClN3O2/c1-12(23)22-17(13-5-7-14(19)8-6-13)10-18(24)15(11-20)16-4-2-3-9-21-16/h2-9,15,17H,10H2,1H3,(H,22,23)/t15-,17+/m0/s1. The average Bonchev–Trinajstić information content (AvgIpc) is 2.56. The molecule has 1 aromatic heterocycles. The number of nitrogens with zero attached hydrogens (tertiary/aromatic N) is 2. The molecule has 0 aliphatic carbocycles. The SMILES string of the molecule is CC(=O)N[C@H](CC(=O)[C@@H](C#N)c1ccccn1)c1ccc(Cl)cc1. The first-order chi connectivity index (χ1) is 11.5. The van der Waals surface area contributed by atoms with E-state index in [0.717, 1.165) is 5.56 Å². The van der Waals surface area contributed by atoms with Crippen LogP contribution in [-0.2, 0) is 9.59 Å². The summed E-state index contributed by atoms with van der Waals surface area (Å²) < 4.78 is 0. The molecule has 122 valence electrons. The smallest absolute Gasteiger partial charge is 0.217 e. The van der Waals surface area contributed by atoms with Gasteiger partial charge in [0.15, 0.2) is 5.78 Å². The predicted octanol–water partition coefficient (Wildman–Crippen LogP) is 3.18. The Bertz CT molecular complexity index is 754. The minimum absolute atomic E-state index is 0.00396. The van der Waals surface area contributed by atoms with Crippen LogP contribution in [0.25, 0.3) is 0 Å². The molecular weight excluding hydrogens is 326 g/mol. The number of benzene rings is 1. The van der Waals surface area contributed by atoms with E-state index in [9.17, 15) is 14.9 Å². The molecule has 1 N–H and O–H groups in total. The van der Waals surface area contributed by atoms with Crippen LogP contribution in [-0.4, -0.2) is 16.7 Å². The van der Waals surface area contributed by atoms with E-state index in [2.05, 4.69) is 10.3 Å². The molecule has 0 fully saturated rings. The molecule has 0 saturated heterocycles. The maximum Gasteiger partial charge on any atom is 0.217 e. The van der Waals surface area contributed by atoms with Crippen molar-refractivity contribution in [3.63, 3.8) is 0 Å². The Labute approximate surface area is 145 Å². The van der Waals surface area contributed by atoms with Crippen LogP contribution < -0.4 is 5.32 Å². The topological polar surface area (TPSA) is 82.9 Å². The van der Waals surface area contributed by atoms with Crippen LogP contribution in [0, 0.1) is 11.3 Å². The summed E-state index contributed by atoms with van der Waals surface area (Å²) in [4.78, 5) is 28.1. The molecule has 24 heavy (non-hydrogen) atoms. The fraction of sp³-hybridized carbons (Fsp3) is 0.222. The van der Waals surface area contributed by atoms with Crippen molar-refractivity contribution < 1.29 is 9.59 Å². The van der Waals surface area contributed by atoms with Crippen molar-refractivity contribution in [2.75, 3.05) is 0 Å². The second-order valence-electron chi connectivity index (χ2n) is 5.29. The summed E-state index contributed by atoms with van der Waals surface area (Å²) in [5.74, 6) is -1.52. The number of hydrogen-bond donors (Lipinski definition) is 1. The van der Waals surface area contributed by atoms with E-state index in [1.165, 1.54) is 13.1 Å². The normalized spacial score (nSPS) is 12.7. The van der Waals surface area contributed by atoms with Gasteiger partial charge in [0.2, 0.25) is 5.91 Å². The van der Waals surface area contributed by atoms with Crippen LogP contribution in [0.2, 0.25) is 5.02 Å². The molecule has 0 aliphatic rings. The van der Waals surface area contributed by atoms with Crippen LogP contribution in [0.15, 0.2) is 48.7 Å². The number of carbonyl (C=O) groups is 2. The molecule has 1 aromatic carbocycles. The lowest BCUT2D eigenvalue weighted by atomic mass is 9.93. The highest BCUT2D eigenvalue weighted by Gasteiger charge is 2.25. The molecule has 2 atom stereocenters. The number of halogens is 1. The van der Waals surface area contributed by atoms with Gasteiger partial charge in [-0.1, -0.05) is 29.8 Å². The third-order valence-corrected chi connectivity index (χ3v) is 3.74. The zero-order valence-corrected chi connectivity index (χ0v) is 13.8. The molecule has 5 nitrogen and oxygen atoms in total. The van der Waals surface area contributed by atoms with Gasteiger partial charge in [-0.05, 0) is 29.8 Å². The van der Waals surface area contributed by atoms with Gasteiger partial charge in [0.25, 0.3) is 0 Å². The summed E-state index contributed by atoms with van der Waals surface area (Å²) in [7, 11) is 0. The first-order valence-corrected chi connectivity index (χ1v) is 7.75. The summed E-state index contributed by atoms with van der Waals surface area (Å²) in [6.07, 6.45) is 1.54. The number of amides is 1. The van der Waals surface area contributed by atoms with E-state index in [1.807, 2.05) is 6.07 Å². The summed E-state index contributed by atoms with van der Waals surface area (Å²) in [6, 6.07) is 13.4. The Balaban J connectivity index is 2.22. The molecule has 2 rings (SSSR count). The molecule has 2 aromatic rings.